The fraction of sp³-hybridized carbons (Fsp3) is 0.370. The lowest BCUT2D eigenvalue weighted by Gasteiger charge is -2.43. The highest BCUT2D eigenvalue weighted by Crippen LogP contribution is 2.45. The maximum Gasteiger partial charge on any atom is 0.234 e. The summed E-state index contributed by atoms with van der Waals surface area (Å²) in [6.45, 7) is 2.78. The molecule has 2 aliphatic heterocycles. The van der Waals surface area contributed by atoms with E-state index in [0.29, 0.717) is 6.04 Å². The molecule has 0 aliphatic carbocycles. The van der Waals surface area contributed by atoms with Crippen LogP contribution in [0, 0.1) is 0 Å². The number of piperidine rings is 1. The van der Waals surface area contributed by atoms with E-state index in [1.807, 2.05) is 48.5 Å². The number of para-hydroxylation sites is 2. The number of benzene rings is 2. The molecule has 0 radical (unpaired) electrons. The topological polar surface area (TPSA) is 29.5 Å². The van der Waals surface area contributed by atoms with Gasteiger partial charge in [-0.3, -0.25) is 4.79 Å². The Balaban J connectivity index is 1.29. The van der Waals surface area contributed by atoms with Gasteiger partial charge in [-0.15, -0.1) is 0 Å². The second kappa shape index (κ2) is 8.72. The van der Waals surface area contributed by atoms with Crippen LogP contribution in [0.1, 0.15) is 35.4 Å². The minimum Gasteiger partial charge on any atom is -0.457 e. The van der Waals surface area contributed by atoms with E-state index in [1.54, 1.807) is 11.3 Å². The number of thiophene rings is 1. The SMILES string of the molecule is C[N+](C)(CCc1ccsc1)C1CCN(C(=O)C2c3ccccc3Oc3ccccc32)CC1. The molecule has 1 amide bonds. The highest BCUT2D eigenvalue weighted by Gasteiger charge is 2.38. The molecule has 1 fully saturated rings. The Morgan fingerprint density at radius 1 is 1.00 bits per heavy atom. The summed E-state index contributed by atoms with van der Waals surface area (Å²) in [5.74, 6) is 1.51. The molecule has 0 N–H and O–H groups in total. The maximum absolute atomic E-state index is 13.8. The number of fused-ring (bicyclic) bond motifs is 2. The van der Waals surface area contributed by atoms with Gasteiger partial charge in [0.1, 0.15) is 11.5 Å². The second-order valence-corrected chi connectivity index (χ2v) is 10.3. The summed E-state index contributed by atoms with van der Waals surface area (Å²) in [6, 6.07) is 18.7. The third-order valence-electron chi connectivity index (χ3n) is 7.25. The number of hydrogen-bond donors (Lipinski definition) is 0. The highest BCUT2D eigenvalue weighted by atomic mass is 32.1. The molecule has 4 nitrogen and oxygen atoms in total. The van der Waals surface area contributed by atoms with Crippen LogP contribution >= 0.6 is 11.3 Å². The molecule has 3 heterocycles. The summed E-state index contributed by atoms with van der Waals surface area (Å²) < 4.78 is 7.11. The Kier molecular flexibility index (Phi) is 5.78. The van der Waals surface area contributed by atoms with E-state index in [1.165, 1.54) is 5.56 Å². The van der Waals surface area contributed by atoms with Gasteiger partial charge < -0.3 is 14.1 Å². The van der Waals surface area contributed by atoms with Crippen LogP contribution in [0.5, 0.6) is 11.5 Å². The first-order valence-electron chi connectivity index (χ1n) is 11.5. The minimum absolute atomic E-state index is 0.204. The van der Waals surface area contributed by atoms with Gasteiger partial charge in [-0.1, -0.05) is 36.4 Å². The number of ether oxygens (including phenoxy) is 1. The zero-order valence-electron chi connectivity index (χ0n) is 18.9. The maximum atomic E-state index is 13.8. The van der Waals surface area contributed by atoms with Crippen LogP contribution in [0.4, 0.5) is 0 Å². The van der Waals surface area contributed by atoms with Gasteiger partial charge >= 0.3 is 0 Å². The van der Waals surface area contributed by atoms with Crippen LogP contribution < -0.4 is 4.74 Å². The number of hydrogen-bond acceptors (Lipinski definition) is 3. The van der Waals surface area contributed by atoms with Gasteiger partial charge in [0.2, 0.25) is 5.91 Å². The van der Waals surface area contributed by atoms with Crippen molar-refractivity contribution in [2.45, 2.75) is 31.2 Å². The van der Waals surface area contributed by atoms with E-state index in [2.05, 4.69) is 35.8 Å². The van der Waals surface area contributed by atoms with Crippen molar-refractivity contribution in [2.24, 2.45) is 0 Å². The molecule has 0 unspecified atom stereocenters. The summed E-state index contributed by atoms with van der Waals surface area (Å²) in [5.41, 5.74) is 3.39. The number of likely N-dealkylation sites (N-methyl/N-ethyl adjacent to an activating group) is 1. The molecule has 166 valence electrons. The van der Waals surface area contributed by atoms with Crippen LogP contribution in [0.15, 0.2) is 65.4 Å². The van der Waals surface area contributed by atoms with Crippen LogP contribution in [-0.4, -0.2) is 55.1 Å². The van der Waals surface area contributed by atoms with Gasteiger partial charge in [0, 0.05) is 43.5 Å². The first kappa shape index (κ1) is 21.2. The molecular weight excluding hydrogens is 416 g/mol. The molecule has 5 rings (SSSR count). The van der Waals surface area contributed by atoms with Crippen molar-refractivity contribution in [1.29, 1.82) is 0 Å². The minimum atomic E-state index is -0.284. The zero-order valence-corrected chi connectivity index (χ0v) is 19.7. The van der Waals surface area contributed by atoms with Gasteiger partial charge in [0.25, 0.3) is 0 Å². The summed E-state index contributed by atoms with van der Waals surface area (Å²) in [6.07, 6.45) is 3.22. The van der Waals surface area contributed by atoms with E-state index in [0.717, 1.165) is 66.0 Å². The normalized spacial score (nSPS) is 16.9. The Bertz CT molecular complexity index is 1040. The summed E-state index contributed by atoms with van der Waals surface area (Å²) in [5, 5.41) is 4.41. The number of quaternary nitrogens is 1. The molecule has 3 aromatic rings. The van der Waals surface area contributed by atoms with Crippen LogP contribution in [0.3, 0.4) is 0 Å². The number of likely N-dealkylation sites (tertiary alicyclic amines) is 1. The van der Waals surface area contributed by atoms with E-state index in [4.69, 9.17) is 4.74 Å². The first-order valence-corrected chi connectivity index (χ1v) is 12.5. The lowest BCUT2D eigenvalue weighted by Crippen LogP contribution is -2.55. The number of amides is 1. The van der Waals surface area contributed by atoms with E-state index < -0.39 is 0 Å². The molecule has 2 aliphatic rings. The molecular formula is C27H31N2O2S+. The third kappa shape index (κ3) is 4.07. The molecule has 1 saturated heterocycles. The van der Waals surface area contributed by atoms with Crippen molar-refractivity contribution >= 4 is 17.2 Å². The second-order valence-electron chi connectivity index (χ2n) is 9.55. The molecule has 0 bridgehead atoms. The van der Waals surface area contributed by atoms with E-state index in [-0.39, 0.29) is 11.8 Å². The predicted molar refractivity (Wildman–Crippen MR) is 129 cm³/mol. The van der Waals surface area contributed by atoms with Gasteiger partial charge in [-0.25, -0.2) is 0 Å². The number of rotatable bonds is 5. The molecule has 1 aromatic heterocycles. The molecule has 0 atom stereocenters. The Morgan fingerprint density at radius 2 is 1.62 bits per heavy atom. The average molecular weight is 448 g/mol. The van der Waals surface area contributed by atoms with E-state index in [9.17, 15) is 4.79 Å². The quantitative estimate of drug-likeness (QED) is 0.497. The van der Waals surface area contributed by atoms with Gasteiger partial charge in [-0.05, 0) is 34.5 Å². The number of nitrogens with zero attached hydrogens (tertiary/aromatic N) is 2. The molecule has 5 heteroatoms. The number of carbonyl (C=O) groups excluding carboxylic acids is 1. The smallest absolute Gasteiger partial charge is 0.234 e. The van der Waals surface area contributed by atoms with Gasteiger partial charge in [0.15, 0.2) is 0 Å². The van der Waals surface area contributed by atoms with Crippen molar-refractivity contribution in [2.75, 3.05) is 33.7 Å². The Morgan fingerprint density at radius 3 is 2.22 bits per heavy atom. The molecule has 0 saturated carbocycles. The lowest BCUT2D eigenvalue weighted by molar-refractivity contribution is -0.916. The van der Waals surface area contributed by atoms with Crippen LogP contribution in [-0.2, 0) is 11.2 Å². The highest BCUT2D eigenvalue weighted by molar-refractivity contribution is 7.07. The largest absolute Gasteiger partial charge is 0.457 e. The van der Waals surface area contributed by atoms with Gasteiger partial charge in [0.05, 0.1) is 32.6 Å². The third-order valence-corrected chi connectivity index (χ3v) is 7.98. The fourth-order valence-corrected chi connectivity index (χ4v) is 5.88. The monoisotopic (exact) mass is 447 g/mol. The zero-order chi connectivity index (χ0) is 22.1. The van der Waals surface area contributed by atoms with Crippen LogP contribution in [0.25, 0.3) is 0 Å². The Hall–Kier alpha value is -2.63. The standard InChI is InChI=1S/C27H31N2O2S/c1-29(2,17-13-20-14-18-32-19-20)21-11-15-28(16-12-21)27(30)26-22-7-3-5-9-24(22)31-25-10-6-4-8-23(25)26/h3-10,14,18-19,21,26H,11-13,15-17H2,1-2H3/q+1. The Labute approximate surface area is 194 Å². The summed E-state index contributed by atoms with van der Waals surface area (Å²) >= 11 is 1.77. The van der Waals surface area contributed by atoms with Crippen molar-refractivity contribution in [1.82, 2.24) is 4.90 Å². The predicted octanol–water partition coefficient (Wildman–Crippen LogP) is 5.30. The van der Waals surface area contributed by atoms with Crippen molar-refractivity contribution in [3.63, 3.8) is 0 Å². The van der Waals surface area contributed by atoms with Crippen molar-refractivity contribution in [3.05, 3.63) is 82.0 Å². The summed E-state index contributed by atoms with van der Waals surface area (Å²) in [4.78, 5) is 15.9. The first-order chi connectivity index (χ1) is 15.5. The molecule has 2 aromatic carbocycles. The molecule has 32 heavy (non-hydrogen) atoms. The van der Waals surface area contributed by atoms with Crippen molar-refractivity contribution in [3.8, 4) is 11.5 Å². The van der Waals surface area contributed by atoms with Crippen LogP contribution in [0.2, 0.25) is 0 Å². The summed E-state index contributed by atoms with van der Waals surface area (Å²) in [7, 11) is 4.69. The lowest BCUT2D eigenvalue weighted by atomic mass is 9.86. The number of carbonyl (C=O) groups is 1. The van der Waals surface area contributed by atoms with E-state index >= 15 is 0 Å². The average Bonchev–Trinajstić information content (AvgIpc) is 3.35. The fourth-order valence-electron chi connectivity index (χ4n) is 5.18. The molecule has 0 spiro atoms. The van der Waals surface area contributed by atoms with Gasteiger partial charge in [-0.2, -0.15) is 11.3 Å². The van der Waals surface area contributed by atoms with Crippen molar-refractivity contribution < 1.29 is 14.0 Å².